The van der Waals surface area contributed by atoms with Crippen molar-refractivity contribution in [2.75, 3.05) is 43.5 Å². The lowest BCUT2D eigenvalue weighted by atomic mass is 9.82. The molecule has 1 atom stereocenters. The number of pyridine rings is 2. The van der Waals surface area contributed by atoms with Crippen molar-refractivity contribution in [1.29, 1.82) is 5.26 Å². The van der Waals surface area contributed by atoms with Gasteiger partial charge in [-0.3, -0.25) is 4.79 Å². The highest BCUT2D eigenvalue weighted by molar-refractivity contribution is 6.33. The Balaban J connectivity index is 1.03. The average Bonchev–Trinajstić information content (AvgIpc) is 3.59. The van der Waals surface area contributed by atoms with E-state index in [1.54, 1.807) is 6.20 Å². The molecule has 2 aliphatic rings. The van der Waals surface area contributed by atoms with Gasteiger partial charge in [-0.15, -0.1) is 15.0 Å². The van der Waals surface area contributed by atoms with Crippen LogP contribution in [-0.2, 0) is 25.6 Å². The molecule has 1 saturated carbocycles. The molecule has 0 aromatic carbocycles. The Kier molecular flexibility index (Phi) is 13.2. The zero-order valence-corrected chi connectivity index (χ0v) is 31.1. The van der Waals surface area contributed by atoms with Crippen molar-refractivity contribution in [2.24, 2.45) is 16.7 Å². The molecule has 0 unspecified atom stereocenters. The second-order valence-electron chi connectivity index (χ2n) is 14.8. The maximum Gasteiger partial charge on any atom is 0.313 e. The second-order valence-corrected chi connectivity index (χ2v) is 15.2. The predicted octanol–water partition coefficient (Wildman–Crippen LogP) is 5.79. The maximum absolute atomic E-state index is 12.4. The smallest absolute Gasteiger partial charge is 0.313 e. The highest BCUT2D eigenvalue weighted by atomic mass is 35.5. The largest absolute Gasteiger partial charge is 0.437 e. The summed E-state index contributed by atoms with van der Waals surface area (Å²) in [5.41, 5.74) is 0.470. The van der Waals surface area contributed by atoms with Crippen LogP contribution in [0.25, 0.3) is 11.3 Å². The van der Waals surface area contributed by atoms with Crippen molar-refractivity contribution < 1.29 is 19.0 Å². The first-order valence-electron chi connectivity index (χ1n) is 17.9. The summed E-state index contributed by atoms with van der Waals surface area (Å²) in [5.74, 6) is 1.57. The van der Waals surface area contributed by atoms with E-state index >= 15 is 0 Å². The molecule has 0 bridgehead atoms. The van der Waals surface area contributed by atoms with E-state index in [1.165, 1.54) is 4.80 Å². The number of esters is 1. The quantitative estimate of drug-likeness (QED) is 0.127. The van der Waals surface area contributed by atoms with Crippen LogP contribution in [0.1, 0.15) is 85.2 Å². The highest BCUT2D eigenvalue weighted by Crippen LogP contribution is 2.32. The fourth-order valence-corrected chi connectivity index (χ4v) is 6.25. The zero-order chi connectivity index (χ0) is 36.4. The Morgan fingerprint density at radius 3 is 2.61 bits per heavy atom. The van der Waals surface area contributed by atoms with Gasteiger partial charge in [-0.1, -0.05) is 31.5 Å². The number of carbonyl (C=O) groups is 1. The summed E-state index contributed by atoms with van der Waals surface area (Å²) in [7, 11) is 0. The molecule has 1 aliphatic heterocycles. The summed E-state index contributed by atoms with van der Waals surface area (Å²) < 4.78 is 16.9. The summed E-state index contributed by atoms with van der Waals surface area (Å²) in [6.07, 6.45) is 6.52. The molecule has 276 valence electrons. The van der Waals surface area contributed by atoms with Crippen LogP contribution >= 0.6 is 11.6 Å². The van der Waals surface area contributed by atoms with Gasteiger partial charge in [-0.2, -0.15) is 5.26 Å². The first-order valence-corrected chi connectivity index (χ1v) is 18.3. The third-order valence-corrected chi connectivity index (χ3v) is 9.57. The molecule has 0 amide bonds. The fourth-order valence-electron chi connectivity index (χ4n) is 6.05. The number of nitrogens with zero attached hydrogens (tertiary/aromatic N) is 7. The second kappa shape index (κ2) is 17.5. The molecule has 3 aromatic heterocycles. The van der Waals surface area contributed by atoms with Gasteiger partial charge in [-0.25, -0.2) is 9.97 Å². The minimum atomic E-state index is -0.634. The summed E-state index contributed by atoms with van der Waals surface area (Å²) in [6, 6.07) is 10.9. The van der Waals surface area contributed by atoms with Gasteiger partial charge in [0.05, 0.1) is 34.2 Å². The number of tetrazole rings is 1. The zero-order valence-electron chi connectivity index (χ0n) is 30.3. The fraction of sp³-hybridized carbons (Fsp3) is 0.639. The van der Waals surface area contributed by atoms with E-state index in [2.05, 4.69) is 42.4 Å². The van der Waals surface area contributed by atoms with E-state index in [9.17, 15) is 10.1 Å². The van der Waals surface area contributed by atoms with E-state index in [1.807, 2.05) is 58.9 Å². The number of nitriles is 1. The minimum Gasteiger partial charge on any atom is -0.437 e. The van der Waals surface area contributed by atoms with E-state index in [4.69, 9.17) is 30.8 Å². The number of aromatic nitrogens is 6. The van der Waals surface area contributed by atoms with Crippen LogP contribution in [0.2, 0.25) is 5.02 Å². The molecule has 0 spiro atoms. The third kappa shape index (κ3) is 10.8. The summed E-state index contributed by atoms with van der Waals surface area (Å²) in [4.78, 5) is 23.1. The monoisotopic (exact) mass is 722 g/mol. The molecule has 1 aliphatic carbocycles. The first kappa shape index (κ1) is 38.3. The van der Waals surface area contributed by atoms with Crippen molar-refractivity contribution in [1.82, 2.24) is 35.5 Å². The number of nitrogens with one attached hydrogen (secondary N) is 3. The summed E-state index contributed by atoms with van der Waals surface area (Å²) in [5, 5.41) is 33.5. The molecule has 3 N–H and O–H groups in total. The molecular formula is C36H51ClN10O4. The summed E-state index contributed by atoms with van der Waals surface area (Å²) in [6.45, 7) is 12.5. The van der Waals surface area contributed by atoms with Crippen molar-refractivity contribution in [2.45, 2.75) is 98.1 Å². The molecule has 1 saturated heterocycles. The van der Waals surface area contributed by atoms with Crippen molar-refractivity contribution in [3.8, 4) is 17.3 Å². The SMILES string of the molecule is CC(C)[C@H](OC(=O)C(C)(C)C)n1nnc(COCCN[C@H]2CC[C@H](Nc3cc(-c4cccc(NCC5(C#N)CCOCC5)n4)c(Cl)cn3)CC2)n1. The third-order valence-electron chi connectivity index (χ3n) is 9.27. The molecule has 0 radical (unpaired) electrons. The van der Waals surface area contributed by atoms with Crippen molar-refractivity contribution >= 4 is 29.2 Å². The number of ether oxygens (including phenoxy) is 3. The molecule has 51 heavy (non-hydrogen) atoms. The van der Waals surface area contributed by atoms with E-state index < -0.39 is 17.1 Å². The van der Waals surface area contributed by atoms with E-state index in [0.29, 0.717) is 74.5 Å². The van der Waals surface area contributed by atoms with Crippen molar-refractivity contribution in [3.63, 3.8) is 0 Å². The van der Waals surface area contributed by atoms with Gasteiger partial charge in [-0.05, 0) is 82.7 Å². The number of halogens is 1. The van der Waals surface area contributed by atoms with Crippen LogP contribution in [0, 0.1) is 28.1 Å². The van der Waals surface area contributed by atoms with Gasteiger partial charge in [0.15, 0.2) is 0 Å². The van der Waals surface area contributed by atoms with Gasteiger partial charge < -0.3 is 30.2 Å². The van der Waals surface area contributed by atoms with Crippen LogP contribution in [0.5, 0.6) is 0 Å². The highest BCUT2D eigenvalue weighted by Gasteiger charge is 2.33. The lowest BCUT2D eigenvalue weighted by molar-refractivity contribution is -0.169. The number of rotatable bonds is 15. The van der Waals surface area contributed by atoms with Crippen LogP contribution in [0.3, 0.4) is 0 Å². The van der Waals surface area contributed by atoms with Crippen LogP contribution in [-0.4, -0.2) is 81.1 Å². The topological polar surface area (TPSA) is 174 Å². The molecule has 4 heterocycles. The van der Waals surface area contributed by atoms with Gasteiger partial charge in [0.1, 0.15) is 18.2 Å². The molecule has 15 heteroatoms. The minimum absolute atomic E-state index is 0.0236. The van der Waals surface area contributed by atoms with Crippen LogP contribution in [0.4, 0.5) is 11.6 Å². The van der Waals surface area contributed by atoms with Crippen molar-refractivity contribution in [3.05, 3.63) is 41.3 Å². The lowest BCUT2D eigenvalue weighted by Gasteiger charge is -2.30. The molecular weight excluding hydrogens is 672 g/mol. The number of hydrogen-bond donors (Lipinski definition) is 3. The maximum atomic E-state index is 12.4. The van der Waals surface area contributed by atoms with Gasteiger partial charge >= 0.3 is 5.97 Å². The Morgan fingerprint density at radius 2 is 1.90 bits per heavy atom. The standard InChI is InChI=1S/C36H51ClN10O4/c1-24(2)33(51-34(48)35(3,4)5)47-45-32(44-46-47)21-50-18-15-39-25-9-11-26(12-10-25)42-31-19-27(28(37)20-40-31)29-7-6-8-30(43-29)41-23-36(22-38)13-16-49-17-14-36/h6-8,19-20,24-26,33,39H,9-18,21,23H2,1-5H3,(H,40,42)(H,41,43)/t25-,26-,33-/m0/s1. The Labute approximate surface area is 305 Å². The van der Waals surface area contributed by atoms with Gasteiger partial charge in [0, 0.05) is 56.1 Å². The summed E-state index contributed by atoms with van der Waals surface area (Å²) >= 11 is 6.60. The number of carbonyl (C=O) groups excluding carboxylic acids is 1. The molecule has 2 fully saturated rings. The van der Waals surface area contributed by atoms with E-state index in [-0.39, 0.29) is 18.5 Å². The van der Waals surface area contributed by atoms with E-state index in [0.717, 1.165) is 42.8 Å². The lowest BCUT2D eigenvalue weighted by Crippen LogP contribution is -2.38. The van der Waals surface area contributed by atoms with Gasteiger partial charge in [0.25, 0.3) is 0 Å². The molecule has 3 aromatic rings. The Bertz CT molecular complexity index is 1620. The number of hydrogen-bond acceptors (Lipinski definition) is 13. The average molecular weight is 723 g/mol. The van der Waals surface area contributed by atoms with Gasteiger partial charge in [0.2, 0.25) is 12.1 Å². The molecule has 5 rings (SSSR count). The first-order chi connectivity index (χ1) is 24.4. The van der Waals surface area contributed by atoms with Crippen LogP contribution < -0.4 is 16.0 Å². The predicted molar refractivity (Wildman–Crippen MR) is 194 cm³/mol. The number of anilines is 2. The Hall–Kier alpha value is -3.90. The normalized spacial score (nSPS) is 19.6. The Morgan fingerprint density at radius 1 is 1.16 bits per heavy atom. The van der Waals surface area contributed by atoms with Crippen LogP contribution in [0.15, 0.2) is 30.5 Å². The molecule has 14 nitrogen and oxygen atoms in total.